The van der Waals surface area contributed by atoms with E-state index in [1.807, 2.05) is 41.7 Å². The molecule has 0 fully saturated rings. The average Bonchev–Trinajstić information content (AvgIpc) is 3.95. The van der Waals surface area contributed by atoms with Crippen LogP contribution in [0.15, 0.2) is 229 Å². The molecule has 0 saturated carbocycles. The molecule has 64 heavy (non-hydrogen) atoms. The Bertz CT molecular complexity index is 3600. The zero-order valence-electron chi connectivity index (χ0n) is 34.6. The van der Waals surface area contributed by atoms with E-state index in [9.17, 15) is 5.26 Å². The number of nitriles is 1. The van der Waals surface area contributed by atoms with Crippen molar-refractivity contribution in [3.63, 3.8) is 0 Å². The maximum Gasteiger partial charge on any atom is 0.143 e. The molecule has 298 valence electrons. The van der Waals surface area contributed by atoms with Gasteiger partial charge in [0.15, 0.2) is 0 Å². The highest BCUT2D eigenvalue weighted by atomic mass is 32.1. The lowest BCUT2D eigenvalue weighted by atomic mass is 9.90. The first-order chi connectivity index (χ1) is 31.6. The number of benzene rings is 10. The van der Waals surface area contributed by atoms with Gasteiger partial charge in [0.25, 0.3) is 0 Å². The van der Waals surface area contributed by atoms with Crippen LogP contribution in [0, 0.1) is 11.3 Å². The van der Waals surface area contributed by atoms with Gasteiger partial charge in [-0.05, 0) is 139 Å². The van der Waals surface area contributed by atoms with Gasteiger partial charge >= 0.3 is 0 Å². The van der Waals surface area contributed by atoms with Gasteiger partial charge in [-0.25, -0.2) is 0 Å². The second-order valence-corrected chi connectivity index (χ2v) is 17.4. The highest BCUT2D eigenvalue weighted by Crippen LogP contribution is 2.42. The Morgan fingerprint density at radius 1 is 0.328 bits per heavy atom. The standard InChI is InChI=1S/C61H37NOS/c62-38-39-12-5-13-40(30-39)49-35-50(45-18-6-14-41(31-45)43-16-8-20-47(33-43)52-24-10-26-56-54-22-1-3-28-58(54)63-60(52)56)37-51(36-49)46-19-7-15-42(32-46)44-17-9-21-48(34-44)53-25-11-27-57-55-23-2-4-29-59(55)64-61(53)57/h1-37H. The van der Waals surface area contributed by atoms with Crippen molar-refractivity contribution in [2.45, 2.75) is 0 Å². The topological polar surface area (TPSA) is 36.9 Å². The minimum absolute atomic E-state index is 0.637. The molecule has 0 aliphatic heterocycles. The van der Waals surface area contributed by atoms with E-state index in [4.69, 9.17) is 4.42 Å². The largest absolute Gasteiger partial charge is 0.455 e. The molecule has 0 N–H and O–H groups in total. The van der Waals surface area contributed by atoms with E-state index in [0.29, 0.717) is 5.56 Å². The fraction of sp³-hybridized carbons (Fsp3) is 0. The van der Waals surface area contributed by atoms with E-state index >= 15 is 0 Å². The maximum atomic E-state index is 9.85. The number of thiophene rings is 1. The van der Waals surface area contributed by atoms with Gasteiger partial charge in [0.05, 0.1) is 11.6 Å². The van der Waals surface area contributed by atoms with Crippen molar-refractivity contribution in [3.05, 3.63) is 230 Å². The third-order valence-corrected chi connectivity index (χ3v) is 13.7. The fourth-order valence-electron chi connectivity index (χ4n) is 9.33. The number of hydrogen-bond acceptors (Lipinski definition) is 3. The SMILES string of the molecule is N#Cc1cccc(-c2cc(-c3cccc(-c4cccc(-c5cccc6c5oc5ccccc56)c4)c3)cc(-c3cccc(-c4cccc(-c5cccc6c5sc5ccccc56)c4)c3)c2)c1. The van der Waals surface area contributed by atoms with E-state index in [2.05, 4.69) is 200 Å². The van der Waals surface area contributed by atoms with Crippen molar-refractivity contribution < 1.29 is 4.42 Å². The molecule has 0 aliphatic carbocycles. The maximum absolute atomic E-state index is 9.85. The molecule has 0 unspecified atom stereocenters. The Morgan fingerprint density at radius 2 is 0.750 bits per heavy atom. The lowest BCUT2D eigenvalue weighted by Gasteiger charge is -2.14. The summed E-state index contributed by atoms with van der Waals surface area (Å²) in [6, 6.07) is 82.4. The number of furan rings is 1. The van der Waals surface area contributed by atoms with Crippen LogP contribution in [0.4, 0.5) is 0 Å². The van der Waals surface area contributed by atoms with E-state index in [1.54, 1.807) is 0 Å². The number of hydrogen-bond donors (Lipinski definition) is 0. The third kappa shape index (κ3) is 6.66. The van der Waals surface area contributed by atoms with Crippen LogP contribution < -0.4 is 0 Å². The van der Waals surface area contributed by atoms with Crippen molar-refractivity contribution in [3.8, 4) is 84.0 Å². The van der Waals surface area contributed by atoms with E-state index in [1.165, 1.54) is 36.9 Å². The van der Waals surface area contributed by atoms with Gasteiger partial charge in [-0.1, -0.05) is 158 Å². The Hall–Kier alpha value is -8.29. The highest BCUT2D eigenvalue weighted by molar-refractivity contribution is 7.26. The molecular formula is C61H37NOS. The lowest BCUT2D eigenvalue weighted by molar-refractivity contribution is 0.670. The van der Waals surface area contributed by atoms with Crippen molar-refractivity contribution in [2.75, 3.05) is 0 Å². The van der Waals surface area contributed by atoms with Crippen LogP contribution >= 0.6 is 11.3 Å². The highest BCUT2D eigenvalue weighted by Gasteiger charge is 2.15. The second-order valence-electron chi connectivity index (χ2n) is 16.4. The Morgan fingerprint density at radius 3 is 1.38 bits per heavy atom. The van der Waals surface area contributed by atoms with Gasteiger partial charge in [-0.2, -0.15) is 5.26 Å². The van der Waals surface area contributed by atoms with E-state index < -0.39 is 0 Å². The summed E-state index contributed by atoms with van der Waals surface area (Å²) in [4.78, 5) is 0. The van der Waals surface area contributed by atoms with Crippen LogP contribution in [0.5, 0.6) is 0 Å². The first-order valence-corrected chi connectivity index (χ1v) is 22.3. The molecule has 0 atom stereocenters. The smallest absolute Gasteiger partial charge is 0.143 e. The number of nitrogens with zero attached hydrogens (tertiary/aromatic N) is 1. The van der Waals surface area contributed by atoms with Gasteiger partial charge in [0.2, 0.25) is 0 Å². The lowest BCUT2D eigenvalue weighted by Crippen LogP contribution is -1.89. The van der Waals surface area contributed by atoms with Crippen LogP contribution in [0.1, 0.15) is 5.56 Å². The summed E-state index contributed by atoms with van der Waals surface area (Å²) in [5.74, 6) is 0. The average molecular weight is 832 g/mol. The molecule has 12 rings (SSSR count). The molecular weight excluding hydrogens is 795 g/mol. The second kappa shape index (κ2) is 15.6. The summed E-state index contributed by atoms with van der Waals surface area (Å²) in [6.07, 6.45) is 0. The fourth-order valence-corrected chi connectivity index (χ4v) is 10.6. The molecule has 2 heterocycles. The van der Waals surface area contributed by atoms with E-state index in [-0.39, 0.29) is 0 Å². The van der Waals surface area contributed by atoms with Gasteiger partial charge in [0, 0.05) is 36.5 Å². The predicted molar refractivity (Wildman–Crippen MR) is 269 cm³/mol. The molecule has 10 aromatic carbocycles. The quantitative estimate of drug-likeness (QED) is 0.160. The number of fused-ring (bicyclic) bond motifs is 6. The van der Waals surface area contributed by atoms with Gasteiger partial charge in [-0.3, -0.25) is 0 Å². The summed E-state index contributed by atoms with van der Waals surface area (Å²) in [7, 11) is 0. The molecule has 0 saturated heterocycles. The summed E-state index contributed by atoms with van der Waals surface area (Å²) in [6.45, 7) is 0. The molecule has 0 bridgehead atoms. The van der Waals surface area contributed by atoms with Gasteiger partial charge in [0.1, 0.15) is 11.2 Å². The Balaban J connectivity index is 0.936. The first kappa shape index (κ1) is 37.5. The Labute approximate surface area is 375 Å². The number of para-hydroxylation sites is 2. The predicted octanol–water partition coefficient (Wildman–Crippen LogP) is 17.5. The normalized spacial score (nSPS) is 11.4. The van der Waals surface area contributed by atoms with Crippen molar-refractivity contribution in [1.82, 2.24) is 0 Å². The first-order valence-electron chi connectivity index (χ1n) is 21.5. The molecule has 0 spiro atoms. The van der Waals surface area contributed by atoms with Crippen LogP contribution in [0.2, 0.25) is 0 Å². The van der Waals surface area contributed by atoms with Crippen LogP contribution in [0.3, 0.4) is 0 Å². The number of rotatable bonds is 7. The van der Waals surface area contributed by atoms with Crippen LogP contribution in [-0.2, 0) is 0 Å². The van der Waals surface area contributed by atoms with E-state index in [0.717, 1.165) is 83.1 Å². The van der Waals surface area contributed by atoms with Gasteiger partial charge < -0.3 is 4.42 Å². The molecule has 0 radical (unpaired) electrons. The van der Waals surface area contributed by atoms with Crippen molar-refractivity contribution in [1.29, 1.82) is 5.26 Å². The summed E-state index contributed by atoms with van der Waals surface area (Å²) < 4.78 is 9.06. The van der Waals surface area contributed by atoms with Crippen molar-refractivity contribution >= 4 is 53.4 Å². The van der Waals surface area contributed by atoms with Crippen molar-refractivity contribution in [2.24, 2.45) is 0 Å². The summed E-state index contributed by atoms with van der Waals surface area (Å²) >= 11 is 1.86. The third-order valence-electron chi connectivity index (χ3n) is 12.5. The molecule has 3 heteroatoms. The summed E-state index contributed by atoms with van der Waals surface area (Å²) in [5.41, 5.74) is 18.2. The summed E-state index contributed by atoms with van der Waals surface area (Å²) in [5, 5.41) is 14.7. The molecule has 2 nitrogen and oxygen atoms in total. The monoisotopic (exact) mass is 831 g/mol. The minimum Gasteiger partial charge on any atom is -0.455 e. The van der Waals surface area contributed by atoms with Crippen LogP contribution in [0.25, 0.3) is 120 Å². The van der Waals surface area contributed by atoms with Gasteiger partial charge in [-0.15, -0.1) is 11.3 Å². The Kier molecular flexibility index (Phi) is 9.11. The molecule has 12 aromatic rings. The molecule has 2 aromatic heterocycles. The zero-order chi connectivity index (χ0) is 42.6. The minimum atomic E-state index is 0.637. The molecule has 0 amide bonds. The zero-order valence-corrected chi connectivity index (χ0v) is 35.4. The van der Waals surface area contributed by atoms with Crippen LogP contribution in [-0.4, -0.2) is 0 Å². The molecule has 0 aliphatic rings.